The molecule has 2 N–H and O–H groups in total. The lowest BCUT2D eigenvalue weighted by atomic mass is 9.80. The Morgan fingerprint density at radius 1 is 1.10 bits per heavy atom. The zero-order valence-corrected chi connectivity index (χ0v) is 17.4. The van der Waals surface area contributed by atoms with Gasteiger partial charge in [-0.05, 0) is 50.0 Å². The number of nitrogens with one attached hydrogen (secondary N) is 2. The van der Waals surface area contributed by atoms with Gasteiger partial charge in [0.15, 0.2) is 5.82 Å². The summed E-state index contributed by atoms with van der Waals surface area (Å²) in [6.07, 6.45) is 12.3. The topological polar surface area (TPSA) is 90.6 Å². The minimum atomic E-state index is -0.0834. The van der Waals surface area contributed by atoms with Crippen LogP contribution < -0.4 is 0 Å². The van der Waals surface area contributed by atoms with Gasteiger partial charge in [-0.3, -0.25) is 15.0 Å². The van der Waals surface area contributed by atoms with Gasteiger partial charge < -0.3 is 4.90 Å². The lowest BCUT2D eigenvalue weighted by molar-refractivity contribution is -0.134. The van der Waals surface area contributed by atoms with Gasteiger partial charge in [0, 0.05) is 24.9 Å². The zero-order chi connectivity index (χ0) is 19.8. The van der Waals surface area contributed by atoms with Crippen molar-refractivity contribution in [3.05, 3.63) is 29.1 Å². The fourth-order valence-electron chi connectivity index (χ4n) is 5.63. The number of amides is 1. The first-order chi connectivity index (χ1) is 14.2. The van der Waals surface area contributed by atoms with E-state index < -0.39 is 0 Å². The third kappa shape index (κ3) is 3.71. The molecule has 7 nitrogen and oxygen atoms in total. The van der Waals surface area contributed by atoms with Gasteiger partial charge in [0.25, 0.3) is 0 Å². The van der Waals surface area contributed by atoms with E-state index in [0.29, 0.717) is 11.8 Å². The molecule has 156 valence electrons. The van der Waals surface area contributed by atoms with E-state index in [-0.39, 0.29) is 17.7 Å². The van der Waals surface area contributed by atoms with Crippen LogP contribution in [0.5, 0.6) is 0 Å². The number of carbonyl (C=O) groups is 1. The number of piperidine rings is 1. The molecule has 5 rings (SSSR count). The molecule has 0 radical (unpaired) electrons. The highest BCUT2D eigenvalue weighted by atomic mass is 16.2. The van der Waals surface area contributed by atoms with Gasteiger partial charge in [0.05, 0.1) is 17.8 Å². The van der Waals surface area contributed by atoms with Crippen LogP contribution in [-0.4, -0.2) is 49.3 Å². The van der Waals surface area contributed by atoms with Crippen molar-refractivity contribution in [2.45, 2.75) is 82.5 Å². The van der Waals surface area contributed by atoms with Gasteiger partial charge in [-0.25, -0.2) is 4.98 Å². The minimum Gasteiger partial charge on any atom is -0.341 e. The molecule has 1 aliphatic heterocycles. The highest BCUT2D eigenvalue weighted by Gasteiger charge is 2.36. The molecule has 3 heterocycles. The number of aromatic nitrogens is 5. The maximum atomic E-state index is 13.4. The number of aromatic amines is 2. The van der Waals surface area contributed by atoms with Gasteiger partial charge >= 0.3 is 0 Å². The monoisotopic (exact) mass is 396 g/mol. The van der Waals surface area contributed by atoms with Gasteiger partial charge in [-0.1, -0.05) is 26.2 Å². The van der Waals surface area contributed by atoms with Gasteiger partial charge in [-0.15, -0.1) is 0 Å². The largest absolute Gasteiger partial charge is 0.341 e. The molecule has 0 bridgehead atoms. The predicted molar refractivity (Wildman–Crippen MR) is 110 cm³/mol. The van der Waals surface area contributed by atoms with E-state index in [1.165, 1.54) is 37.7 Å². The number of rotatable bonds is 3. The molecule has 1 saturated carbocycles. The smallest absolute Gasteiger partial charge is 0.231 e. The Morgan fingerprint density at radius 3 is 2.79 bits per heavy atom. The number of hydrogen-bond acceptors (Lipinski definition) is 4. The first-order valence-corrected chi connectivity index (χ1v) is 11.4. The number of nitrogens with zero attached hydrogens (tertiary/aromatic N) is 4. The second-order valence-corrected chi connectivity index (χ2v) is 9.44. The fourth-order valence-corrected chi connectivity index (χ4v) is 5.63. The lowest BCUT2D eigenvalue weighted by Gasteiger charge is -2.35. The summed E-state index contributed by atoms with van der Waals surface area (Å²) in [5.41, 5.74) is 2.24. The summed E-state index contributed by atoms with van der Waals surface area (Å²) in [6.45, 7) is 3.80. The molecule has 3 unspecified atom stereocenters. The van der Waals surface area contributed by atoms with Crippen molar-refractivity contribution in [1.82, 2.24) is 30.3 Å². The second-order valence-electron chi connectivity index (χ2n) is 9.44. The minimum absolute atomic E-state index is 0.0834. The average Bonchev–Trinajstić information content (AvgIpc) is 3.43. The molecule has 0 aromatic carbocycles. The standard InChI is InChI=1S/C22H32N6O/c1-14-10-17-12-23-25-19(17)18(11-14)22(29)28-9-5-8-16(13-28)21-24-20(26-27-21)15-6-3-2-4-7-15/h12,14-16,18H,2-11,13H2,1H3,(H,23,25)(H,24,26,27). The van der Waals surface area contributed by atoms with E-state index in [2.05, 4.69) is 32.2 Å². The number of carbonyl (C=O) groups excluding carboxylic acids is 1. The Balaban J connectivity index is 1.29. The second kappa shape index (κ2) is 7.92. The maximum absolute atomic E-state index is 13.4. The van der Waals surface area contributed by atoms with Crippen LogP contribution in [0, 0.1) is 5.92 Å². The molecular weight excluding hydrogens is 364 g/mol. The normalized spacial score (nSPS) is 28.3. The van der Waals surface area contributed by atoms with E-state index in [9.17, 15) is 4.79 Å². The van der Waals surface area contributed by atoms with Gasteiger partial charge in [-0.2, -0.15) is 10.2 Å². The van der Waals surface area contributed by atoms with Crippen LogP contribution in [-0.2, 0) is 11.2 Å². The van der Waals surface area contributed by atoms with E-state index in [1.807, 2.05) is 6.20 Å². The number of fused-ring (bicyclic) bond motifs is 1. The summed E-state index contributed by atoms with van der Waals surface area (Å²) in [6, 6.07) is 0. The molecule has 3 atom stereocenters. The average molecular weight is 397 g/mol. The quantitative estimate of drug-likeness (QED) is 0.828. The SMILES string of the molecule is CC1Cc2cn[nH]c2C(C(=O)N2CCCC(c3n[nH]c(C4CCCCC4)n3)C2)C1. The molecule has 2 aromatic rings. The molecule has 7 heteroatoms. The Morgan fingerprint density at radius 2 is 1.93 bits per heavy atom. The third-order valence-electron chi connectivity index (χ3n) is 7.21. The van der Waals surface area contributed by atoms with Crippen LogP contribution in [0.15, 0.2) is 6.20 Å². The number of hydrogen-bond donors (Lipinski definition) is 2. The molecule has 2 fully saturated rings. The molecule has 1 amide bonds. The third-order valence-corrected chi connectivity index (χ3v) is 7.21. The van der Waals surface area contributed by atoms with Crippen molar-refractivity contribution in [1.29, 1.82) is 0 Å². The van der Waals surface area contributed by atoms with Crippen molar-refractivity contribution >= 4 is 5.91 Å². The summed E-state index contributed by atoms with van der Waals surface area (Å²) in [5.74, 6) is 3.42. The van der Waals surface area contributed by atoms with Crippen molar-refractivity contribution in [2.24, 2.45) is 5.92 Å². The molecular formula is C22H32N6O. The summed E-state index contributed by atoms with van der Waals surface area (Å²) < 4.78 is 0. The first-order valence-electron chi connectivity index (χ1n) is 11.4. The van der Waals surface area contributed by atoms with Crippen molar-refractivity contribution in [2.75, 3.05) is 13.1 Å². The molecule has 1 saturated heterocycles. The Hall–Kier alpha value is -2.18. The fraction of sp³-hybridized carbons (Fsp3) is 0.727. The van der Waals surface area contributed by atoms with Crippen LogP contribution >= 0.6 is 0 Å². The van der Waals surface area contributed by atoms with Gasteiger partial charge in [0.1, 0.15) is 5.82 Å². The van der Waals surface area contributed by atoms with Crippen LogP contribution in [0.4, 0.5) is 0 Å². The van der Waals surface area contributed by atoms with Gasteiger partial charge in [0.2, 0.25) is 5.91 Å². The van der Waals surface area contributed by atoms with E-state index in [1.54, 1.807) is 0 Å². The summed E-state index contributed by atoms with van der Waals surface area (Å²) in [4.78, 5) is 20.4. The van der Waals surface area contributed by atoms with Crippen LogP contribution in [0.2, 0.25) is 0 Å². The molecule has 29 heavy (non-hydrogen) atoms. The molecule has 2 aliphatic carbocycles. The molecule has 0 spiro atoms. The predicted octanol–water partition coefficient (Wildman–Crippen LogP) is 3.65. The number of H-pyrrole nitrogens is 2. The summed E-state index contributed by atoms with van der Waals surface area (Å²) in [5, 5.41) is 15.1. The Kier molecular flexibility index (Phi) is 5.14. The lowest BCUT2D eigenvalue weighted by Crippen LogP contribution is -2.43. The van der Waals surface area contributed by atoms with E-state index >= 15 is 0 Å². The van der Waals surface area contributed by atoms with Crippen molar-refractivity contribution in [3.8, 4) is 0 Å². The highest BCUT2D eigenvalue weighted by Crippen LogP contribution is 2.36. The maximum Gasteiger partial charge on any atom is 0.231 e. The molecule has 2 aromatic heterocycles. The zero-order valence-electron chi connectivity index (χ0n) is 17.4. The van der Waals surface area contributed by atoms with Crippen molar-refractivity contribution < 1.29 is 4.79 Å². The van der Waals surface area contributed by atoms with E-state index in [4.69, 9.17) is 4.98 Å². The number of likely N-dealkylation sites (tertiary alicyclic amines) is 1. The van der Waals surface area contributed by atoms with Crippen LogP contribution in [0.3, 0.4) is 0 Å². The van der Waals surface area contributed by atoms with Crippen LogP contribution in [0.25, 0.3) is 0 Å². The van der Waals surface area contributed by atoms with Crippen LogP contribution in [0.1, 0.15) is 99.0 Å². The van der Waals surface area contributed by atoms with E-state index in [0.717, 1.165) is 56.1 Å². The van der Waals surface area contributed by atoms with Crippen molar-refractivity contribution in [3.63, 3.8) is 0 Å². The molecule has 3 aliphatic rings. The highest BCUT2D eigenvalue weighted by molar-refractivity contribution is 5.84. The first kappa shape index (κ1) is 18.8. The Labute approximate surface area is 172 Å². The summed E-state index contributed by atoms with van der Waals surface area (Å²) >= 11 is 0. The summed E-state index contributed by atoms with van der Waals surface area (Å²) in [7, 11) is 0. The Bertz CT molecular complexity index is 851.